The summed E-state index contributed by atoms with van der Waals surface area (Å²) in [6.45, 7) is 7.41. The van der Waals surface area contributed by atoms with E-state index in [4.69, 9.17) is 0 Å². The number of rotatable bonds is 2. The van der Waals surface area contributed by atoms with Crippen LogP contribution in [0.15, 0.2) is 4.79 Å². The van der Waals surface area contributed by atoms with Gasteiger partial charge in [-0.15, -0.1) is 0 Å². The van der Waals surface area contributed by atoms with Crippen LogP contribution >= 0.6 is 0 Å². The van der Waals surface area contributed by atoms with Gasteiger partial charge in [-0.25, -0.2) is 4.98 Å². The molecule has 1 aliphatic rings. The third-order valence-electron chi connectivity index (χ3n) is 3.74. The Hall–Kier alpha value is -2.24. The molecule has 6 nitrogen and oxygen atoms in total. The molecule has 0 spiro atoms. The standard InChI is InChI=1S/C16H21N3O3/c1-5-6-11-14(9(2)3)16(22)19(10(4)17-11)12-7-8-13(20)18-15(12)21/h6,12H,5,7-8H2,1-4H3,(H,18,20,21)/b11-6+. The molecule has 2 rings (SSSR count). The number of aryl methyl sites for hydroxylation is 1. The minimum atomic E-state index is -0.675. The molecule has 0 saturated carbocycles. The molecule has 6 heteroatoms. The third-order valence-corrected chi connectivity index (χ3v) is 3.74. The number of piperidine rings is 1. The maximum absolute atomic E-state index is 12.9. The quantitative estimate of drug-likeness (QED) is 0.774. The van der Waals surface area contributed by atoms with Gasteiger partial charge in [0.15, 0.2) is 0 Å². The zero-order valence-electron chi connectivity index (χ0n) is 13.4. The molecule has 22 heavy (non-hydrogen) atoms. The average Bonchev–Trinajstić information content (AvgIpc) is 2.40. The summed E-state index contributed by atoms with van der Waals surface area (Å²) in [6, 6.07) is -0.675. The molecule has 1 saturated heterocycles. The lowest BCUT2D eigenvalue weighted by atomic mass is 10.1. The van der Waals surface area contributed by atoms with Crippen molar-refractivity contribution in [1.29, 1.82) is 0 Å². The van der Waals surface area contributed by atoms with Gasteiger partial charge in [-0.2, -0.15) is 0 Å². The molecule has 0 aliphatic carbocycles. The van der Waals surface area contributed by atoms with Crippen LogP contribution in [0.2, 0.25) is 0 Å². The minimum Gasteiger partial charge on any atom is -0.295 e. The average molecular weight is 303 g/mol. The number of carbonyl (C=O) groups is 2. The Morgan fingerprint density at radius 1 is 1.36 bits per heavy atom. The molecule has 2 amide bonds. The summed E-state index contributed by atoms with van der Waals surface area (Å²) in [4.78, 5) is 40.7. The maximum Gasteiger partial charge on any atom is 0.262 e. The Kier molecular flexibility index (Phi) is 4.59. The Morgan fingerprint density at radius 3 is 2.59 bits per heavy atom. The van der Waals surface area contributed by atoms with E-state index in [-0.39, 0.29) is 17.9 Å². The van der Waals surface area contributed by atoms with Crippen molar-refractivity contribution >= 4 is 23.5 Å². The maximum atomic E-state index is 12.9. The number of nitrogens with one attached hydrogen (secondary N) is 1. The Morgan fingerprint density at radius 2 is 2.05 bits per heavy atom. The summed E-state index contributed by atoms with van der Waals surface area (Å²) in [7, 11) is 0. The van der Waals surface area contributed by atoms with Crippen LogP contribution in [0.25, 0.3) is 11.6 Å². The first-order valence-corrected chi connectivity index (χ1v) is 7.47. The Labute approximate surface area is 128 Å². The van der Waals surface area contributed by atoms with E-state index in [9.17, 15) is 14.4 Å². The number of nitrogens with zero attached hydrogens (tertiary/aromatic N) is 2. The van der Waals surface area contributed by atoms with Crippen LogP contribution in [0.1, 0.15) is 51.9 Å². The normalized spacial score (nSPS) is 19.3. The molecular formula is C16H21N3O3. The van der Waals surface area contributed by atoms with Crippen molar-refractivity contribution in [3.05, 3.63) is 26.7 Å². The van der Waals surface area contributed by atoms with E-state index in [1.54, 1.807) is 6.92 Å². The highest BCUT2D eigenvalue weighted by molar-refractivity contribution is 5.99. The molecule has 1 atom stereocenters. The molecule has 1 aromatic rings. The van der Waals surface area contributed by atoms with Gasteiger partial charge in [-0.05, 0) is 33.6 Å². The topological polar surface area (TPSA) is 81.1 Å². The highest BCUT2D eigenvalue weighted by Gasteiger charge is 2.30. The van der Waals surface area contributed by atoms with E-state index in [0.717, 1.165) is 12.0 Å². The number of hydrogen-bond donors (Lipinski definition) is 1. The summed E-state index contributed by atoms with van der Waals surface area (Å²) in [5.74, 6) is -0.242. The van der Waals surface area contributed by atoms with Crippen LogP contribution in [-0.2, 0) is 9.59 Å². The molecule has 118 valence electrons. The molecule has 0 bridgehead atoms. The lowest BCUT2D eigenvalue weighted by molar-refractivity contribution is -0.135. The van der Waals surface area contributed by atoms with Crippen molar-refractivity contribution in [2.75, 3.05) is 0 Å². The summed E-state index contributed by atoms with van der Waals surface area (Å²) in [5.41, 5.74) is 0.639. The van der Waals surface area contributed by atoms with Crippen LogP contribution in [0.5, 0.6) is 0 Å². The van der Waals surface area contributed by atoms with Gasteiger partial charge in [0.05, 0.1) is 10.6 Å². The monoisotopic (exact) mass is 303 g/mol. The van der Waals surface area contributed by atoms with Crippen molar-refractivity contribution in [2.45, 2.75) is 53.0 Å². The van der Waals surface area contributed by atoms with E-state index in [2.05, 4.69) is 10.3 Å². The zero-order chi connectivity index (χ0) is 16.4. The molecular weight excluding hydrogens is 282 g/mol. The second-order valence-electron chi connectivity index (χ2n) is 5.67. The van der Waals surface area contributed by atoms with E-state index >= 15 is 0 Å². The minimum absolute atomic E-state index is 0.221. The number of hydrogen-bond acceptors (Lipinski definition) is 4. The largest absolute Gasteiger partial charge is 0.295 e. The first kappa shape index (κ1) is 16.1. The van der Waals surface area contributed by atoms with Crippen molar-refractivity contribution < 1.29 is 9.59 Å². The van der Waals surface area contributed by atoms with Gasteiger partial charge in [0.25, 0.3) is 5.56 Å². The highest BCUT2D eigenvalue weighted by atomic mass is 16.2. The second kappa shape index (κ2) is 6.25. The summed E-state index contributed by atoms with van der Waals surface area (Å²) in [6.07, 6.45) is 3.24. The second-order valence-corrected chi connectivity index (χ2v) is 5.67. The van der Waals surface area contributed by atoms with Crippen LogP contribution in [0.3, 0.4) is 0 Å². The highest BCUT2D eigenvalue weighted by Crippen LogP contribution is 2.16. The van der Waals surface area contributed by atoms with E-state index in [0.29, 0.717) is 22.8 Å². The van der Waals surface area contributed by atoms with Gasteiger partial charge in [0.2, 0.25) is 11.8 Å². The Balaban J connectivity index is 2.75. The van der Waals surface area contributed by atoms with Gasteiger partial charge in [0.1, 0.15) is 11.9 Å². The molecule has 1 N–H and O–H groups in total. The molecule has 2 heterocycles. The molecule has 1 unspecified atom stereocenters. The summed E-state index contributed by atoms with van der Waals surface area (Å²) < 4.78 is 1.41. The van der Waals surface area contributed by atoms with E-state index in [1.165, 1.54) is 4.57 Å². The Bertz CT molecular complexity index is 801. The molecule has 1 aliphatic heterocycles. The predicted octanol–water partition coefficient (Wildman–Crippen LogP) is -0.0896. The van der Waals surface area contributed by atoms with Crippen molar-refractivity contribution in [1.82, 2.24) is 14.9 Å². The van der Waals surface area contributed by atoms with Gasteiger partial charge >= 0.3 is 0 Å². The fraction of sp³-hybridized carbons (Fsp3) is 0.500. The first-order valence-electron chi connectivity index (χ1n) is 7.47. The van der Waals surface area contributed by atoms with E-state index < -0.39 is 11.9 Å². The molecule has 0 radical (unpaired) electrons. The predicted molar refractivity (Wildman–Crippen MR) is 83.4 cm³/mol. The van der Waals surface area contributed by atoms with Crippen LogP contribution in [-0.4, -0.2) is 21.4 Å². The van der Waals surface area contributed by atoms with Crippen LogP contribution in [0.4, 0.5) is 0 Å². The lowest BCUT2D eigenvalue weighted by Gasteiger charge is -2.24. The van der Waals surface area contributed by atoms with Crippen molar-refractivity contribution in [3.63, 3.8) is 0 Å². The van der Waals surface area contributed by atoms with Gasteiger partial charge < -0.3 is 0 Å². The zero-order valence-corrected chi connectivity index (χ0v) is 13.4. The van der Waals surface area contributed by atoms with Crippen molar-refractivity contribution in [2.24, 2.45) is 0 Å². The number of aromatic nitrogens is 2. The number of imide groups is 1. The number of carbonyl (C=O) groups excluding carboxylic acids is 2. The van der Waals surface area contributed by atoms with Gasteiger partial charge in [-0.1, -0.05) is 18.6 Å². The molecule has 0 aromatic carbocycles. The number of amides is 2. The lowest BCUT2D eigenvalue weighted by Crippen LogP contribution is -2.53. The van der Waals surface area contributed by atoms with Crippen LogP contribution in [0, 0.1) is 6.92 Å². The first-order chi connectivity index (χ1) is 10.4. The summed E-state index contributed by atoms with van der Waals surface area (Å²) >= 11 is 0. The summed E-state index contributed by atoms with van der Waals surface area (Å²) in [5, 5.41) is 3.49. The van der Waals surface area contributed by atoms with Crippen molar-refractivity contribution in [3.8, 4) is 0 Å². The molecule has 1 fully saturated rings. The fourth-order valence-electron chi connectivity index (χ4n) is 2.77. The van der Waals surface area contributed by atoms with E-state index in [1.807, 2.05) is 26.8 Å². The van der Waals surface area contributed by atoms with Gasteiger partial charge in [-0.3, -0.25) is 24.3 Å². The van der Waals surface area contributed by atoms with Gasteiger partial charge in [0, 0.05) is 6.42 Å². The smallest absolute Gasteiger partial charge is 0.262 e. The molecule has 1 aromatic heterocycles. The fourth-order valence-corrected chi connectivity index (χ4v) is 2.77. The SMILES string of the molecule is CC/C=c1/nc(C)n(C2CCC(=O)NC2=O)c(=O)c1=C(C)C. The third kappa shape index (κ3) is 2.86. The van der Waals surface area contributed by atoms with Crippen LogP contribution < -0.4 is 21.4 Å².